The molecule has 12 heavy (non-hydrogen) atoms. The fourth-order valence-electron chi connectivity index (χ4n) is 0.927. The number of hydrazine groups is 1. The van der Waals surface area contributed by atoms with Crippen molar-refractivity contribution in [1.29, 1.82) is 0 Å². The minimum Gasteiger partial charge on any atom is -0.394 e. The molecular formula is C6H14N4O2. The lowest BCUT2D eigenvalue weighted by molar-refractivity contribution is 0.175. The number of nitrogens with zero attached hydrogens (tertiary/aromatic N) is 2. The van der Waals surface area contributed by atoms with Gasteiger partial charge in [-0.05, 0) is 0 Å². The zero-order valence-electron chi connectivity index (χ0n) is 6.77. The van der Waals surface area contributed by atoms with E-state index in [0.29, 0.717) is 25.6 Å². The second-order valence-electron chi connectivity index (χ2n) is 2.62. The van der Waals surface area contributed by atoms with E-state index >= 15 is 0 Å². The van der Waals surface area contributed by atoms with Crippen molar-refractivity contribution in [3.63, 3.8) is 0 Å². The zero-order valence-corrected chi connectivity index (χ0v) is 6.77. The molecule has 0 spiro atoms. The van der Waals surface area contributed by atoms with Gasteiger partial charge in [-0.2, -0.15) is 0 Å². The largest absolute Gasteiger partial charge is 0.394 e. The second-order valence-corrected chi connectivity index (χ2v) is 2.62. The summed E-state index contributed by atoms with van der Waals surface area (Å²) in [6.07, 6.45) is -0.434. The predicted octanol–water partition coefficient (Wildman–Crippen LogP) is -2.53. The Labute approximate surface area is 70.7 Å². The molecule has 0 aromatic carbocycles. The summed E-state index contributed by atoms with van der Waals surface area (Å²) in [5.41, 5.74) is 0. The fraction of sp³-hybridized carbons (Fsp3) is 0.833. The molecule has 0 aromatic heterocycles. The molecule has 70 valence electrons. The van der Waals surface area contributed by atoms with Crippen LogP contribution in [0.3, 0.4) is 0 Å². The van der Waals surface area contributed by atoms with Crippen molar-refractivity contribution in [2.75, 3.05) is 26.2 Å². The highest BCUT2D eigenvalue weighted by Gasteiger charge is 2.14. The van der Waals surface area contributed by atoms with Gasteiger partial charge in [0.1, 0.15) is 0 Å². The lowest BCUT2D eigenvalue weighted by Crippen LogP contribution is -2.52. The predicted molar refractivity (Wildman–Crippen MR) is 44.3 cm³/mol. The van der Waals surface area contributed by atoms with Crippen molar-refractivity contribution in [3.05, 3.63) is 0 Å². The zero-order chi connectivity index (χ0) is 8.97. The van der Waals surface area contributed by atoms with Crippen molar-refractivity contribution in [2.24, 2.45) is 10.8 Å². The van der Waals surface area contributed by atoms with Gasteiger partial charge < -0.3 is 15.5 Å². The number of guanidine groups is 1. The summed E-state index contributed by atoms with van der Waals surface area (Å²) in [7, 11) is 0. The third kappa shape index (κ3) is 2.33. The topological polar surface area (TPSA) is 94.1 Å². The van der Waals surface area contributed by atoms with E-state index in [0.717, 1.165) is 0 Å². The Morgan fingerprint density at radius 1 is 1.75 bits per heavy atom. The Hall–Kier alpha value is -0.850. The summed E-state index contributed by atoms with van der Waals surface area (Å²) in [6, 6.07) is 0. The van der Waals surface area contributed by atoms with Crippen LogP contribution in [0, 0.1) is 0 Å². The van der Waals surface area contributed by atoms with Crippen molar-refractivity contribution in [1.82, 2.24) is 10.3 Å². The first-order valence-electron chi connectivity index (χ1n) is 3.83. The van der Waals surface area contributed by atoms with Crippen molar-refractivity contribution in [2.45, 2.75) is 6.10 Å². The Bertz CT molecular complexity index is 173. The molecule has 0 aromatic rings. The number of nitrogens with two attached hydrogens (primary N) is 1. The Balaban J connectivity index is 2.41. The van der Waals surface area contributed by atoms with Gasteiger partial charge in [-0.25, -0.2) is 10.8 Å². The molecule has 6 nitrogen and oxygen atoms in total. The van der Waals surface area contributed by atoms with E-state index < -0.39 is 6.10 Å². The molecule has 1 heterocycles. The van der Waals surface area contributed by atoms with Crippen LogP contribution in [0.1, 0.15) is 0 Å². The van der Waals surface area contributed by atoms with E-state index in [9.17, 15) is 0 Å². The molecule has 0 fully saturated rings. The number of aliphatic hydroxyl groups excluding tert-OH is 2. The number of aliphatic hydroxyl groups is 2. The Kier molecular flexibility index (Phi) is 3.27. The van der Waals surface area contributed by atoms with Crippen LogP contribution in [0.2, 0.25) is 0 Å². The monoisotopic (exact) mass is 174 g/mol. The molecule has 1 rings (SSSR count). The number of nitrogens with one attached hydrogen (secondary N) is 1. The van der Waals surface area contributed by atoms with E-state index in [1.807, 2.05) is 0 Å². The van der Waals surface area contributed by atoms with Gasteiger partial charge in [-0.3, -0.25) is 5.01 Å². The van der Waals surface area contributed by atoms with Crippen LogP contribution in [0.4, 0.5) is 0 Å². The minimum absolute atomic E-state index is 0.0141. The average Bonchev–Trinajstić information content (AvgIpc) is 2.06. The van der Waals surface area contributed by atoms with Crippen molar-refractivity contribution >= 4 is 5.96 Å². The maximum absolute atomic E-state index is 9.06. The molecule has 0 radical (unpaired) electrons. The van der Waals surface area contributed by atoms with Crippen LogP contribution in [-0.2, 0) is 0 Å². The molecular weight excluding hydrogens is 160 g/mol. The van der Waals surface area contributed by atoms with Gasteiger partial charge in [-0.1, -0.05) is 0 Å². The fourth-order valence-corrected chi connectivity index (χ4v) is 0.927. The van der Waals surface area contributed by atoms with Gasteiger partial charge >= 0.3 is 0 Å². The molecule has 1 aliphatic rings. The van der Waals surface area contributed by atoms with Crippen LogP contribution >= 0.6 is 0 Å². The first-order chi connectivity index (χ1) is 5.74. The minimum atomic E-state index is -0.434. The van der Waals surface area contributed by atoms with Crippen molar-refractivity contribution < 1.29 is 10.2 Å². The SMILES string of the molecule is NN(CCO)C1=NCC(O)CN1. The average molecular weight is 174 g/mol. The number of rotatable bonds is 2. The number of β-amino-alcohol motifs (C(OH)–C–C–N with tert-alkyl or cyclic N) is 1. The van der Waals surface area contributed by atoms with Gasteiger partial charge in [-0.15, -0.1) is 0 Å². The lowest BCUT2D eigenvalue weighted by Gasteiger charge is -2.25. The lowest BCUT2D eigenvalue weighted by atomic mass is 10.3. The third-order valence-corrected chi connectivity index (χ3v) is 1.56. The summed E-state index contributed by atoms with van der Waals surface area (Å²) in [5.74, 6) is 6.03. The first kappa shape index (κ1) is 9.24. The van der Waals surface area contributed by atoms with Crippen LogP contribution in [0.15, 0.2) is 4.99 Å². The van der Waals surface area contributed by atoms with Gasteiger partial charge in [0.05, 0.1) is 25.8 Å². The van der Waals surface area contributed by atoms with E-state index in [1.165, 1.54) is 5.01 Å². The number of hydrogen-bond donors (Lipinski definition) is 4. The van der Waals surface area contributed by atoms with Crippen molar-refractivity contribution in [3.8, 4) is 0 Å². The van der Waals surface area contributed by atoms with Crippen LogP contribution in [-0.4, -0.2) is 53.5 Å². The molecule has 5 N–H and O–H groups in total. The molecule has 0 saturated carbocycles. The summed E-state index contributed by atoms with van der Waals surface area (Å²) in [4.78, 5) is 3.97. The molecule has 0 aliphatic carbocycles. The summed E-state index contributed by atoms with van der Waals surface area (Å²) >= 11 is 0. The normalized spacial score (nSPS) is 22.9. The van der Waals surface area contributed by atoms with Crippen LogP contribution in [0.25, 0.3) is 0 Å². The second kappa shape index (κ2) is 4.24. The highest BCUT2D eigenvalue weighted by atomic mass is 16.3. The molecule has 0 amide bonds. The highest BCUT2D eigenvalue weighted by Crippen LogP contribution is 1.92. The highest BCUT2D eigenvalue weighted by molar-refractivity contribution is 5.80. The van der Waals surface area contributed by atoms with Gasteiger partial charge in [0.25, 0.3) is 0 Å². The van der Waals surface area contributed by atoms with E-state index in [1.54, 1.807) is 0 Å². The quantitative estimate of drug-likeness (QED) is 0.274. The number of aliphatic imine (C=N–C) groups is 1. The summed E-state index contributed by atoms with van der Waals surface area (Å²) in [5, 5.41) is 21.8. The summed E-state index contributed by atoms with van der Waals surface area (Å²) < 4.78 is 0. The van der Waals surface area contributed by atoms with E-state index in [2.05, 4.69) is 10.3 Å². The van der Waals surface area contributed by atoms with Gasteiger partial charge in [0, 0.05) is 6.54 Å². The molecule has 1 unspecified atom stereocenters. The maximum Gasteiger partial charge on any atom is 0.208 e. The standard InChI is InChI=1S/C6H14N4O2/c7-10(1-2-11)6-8-3-5(12)4-9-6/h5,11-12H,1-4,7H2,(H,8,9). The Morgan fingerprint density at radius 3 is 3.00 bits per heavy atom. The van der Waals surface area contributed by atoms with Gasteiger partial charge in [0.15, 0.2) is 0 Å². The first-order valence-corrected chi connectivity index (χ1v) is 3.83. The molecule has 6 heteroatoms. The molecule has 0 bridgehead atoms. The maximum atomic E-state index is 9.06. The smallest absolute Gasteiger partial charge is 0.208 e. The molecule has 0 saturated heterocycles. The van der Waals surface area contributed by atoms with Crippen LogP contribution in [0.5, 0.6) is 0 Å². The van der Waals surface area contributed by atoms with E-state index in [4.69, 9.17) is 16.1 Å². The van der Waals surface area contributed by atoms with Gasteiger partial charge in [0.2, 0.25) is 5.96 Å². The Morgan fingerprint density at radius 2 is 2.50 bits per heavy atom. The summed E-state index contributed by atoms with van der Waals surface area (Å²) in [6.45, 7) is 1.14. The van der Waals surface area contributed by atoms with E-state index in [-0.39, 0.29) is 6.61 Å². The third-order valence-electron chi connectivity index (χ3n) is 1.56. The van der Waals surface area contributed by atoms with Crippen LogP contribution < -0.4 is 11.2 Å². The molecule has 1 aliphatic heterocycles. The molecule has 1 atom stereocenters. The number of hydrogen-bond acceptors (Lipinski definition) is 6.